The van der Waals surface area contributed by atoms with Crippen molar-refractivity contribution in [2.24, 2.45) is 0 Å². The van der Waals surface area contributed by atoms with Gasteiger partial charge in [-0.3, -0.25) is 4.79 Å². The molecule has 0 amide bonds. The number of hydrogen-bond acceptors (Lipinski definition) is 3. The zero-order chi connectivity index (χ0) is 18.4. The highest BCUT2D eigenvalue weighted by atomic mass is 32.2. The fraction of sp³-hybridized carbons (Fsp3) is 0.261. The van der Waals surface area contributed by atoms with E-state index >= 15 is 0 Å². The molecular weight excluding hydrogens is 340 g/mol. The number of rotatable bonds is 7. The molecular formula is C23H24O2S. The van der Waals surface area contributed by atoms with Gasteiger partial charge in [0.2, 0.25) is 0 Å². The average molecular weight is 365 g/mol. The molecule has 3 heteroatoms. The molecule has 1 unspecified atom stereocenters. The summed E-state index contributed by atoms with van der Waals surface area (Å²) in [5.41, 5.74) is 2.68. The molecule has 1 atom stereocenters. The number of esters is 1. The van der Waals surface area contributed by atoms with E-state index in [9.17, 15) is 4.79 Å². The summed E-state index contributed by atoms with van der Waals surface area (Å²) in [4.78, 5) is 14.3. The van der Waals surface area contributed by atoms with Crippen LogP contribution in [-0.4, -0.2) is 18.8 Å². The molecule has 26 heavy (non-hydrogen) atoms. The Bertz CT molecular complexity index is 810. The fourth-order valence-electron chi connectivity index (χ4n) is 3.62. The Morgan fingerprint density at radius 2 is 1.92 bits per heavy atom. The molecule has 0 aliphatic heterocycles. The summed E-state index contributed by atoms with van der Waals surface area (Å²) in [5.74, 6) is 0.451. The lowest BCUT2D eigenvalue weighted by Crippen LogP contribution is -2.44. The van der Waals surface area contributed by atoms with Crippen LogP contribution in [0.15, 0.2) is 83.8 Å². The molecule has 0 bridgehead atoms. The third kappa shape index (κ3) is 3.49. The smallest absolute Gasteiger partial charge is 0.321 e. The van der Waals surface area contributed by atoms with Crippen molar-refractivity contribution < 1.29 is 9.53 Å². The van der Waals surface area contributed by atoms with E-state index in [4.69, 9.17) is 4.74 Å². The SMILES string of the molecule is C=CCCC1=CCc2ccccc2C1(CSc1ccccc1)C(=O)OC. The predicted octanol–water partition coefficient (Wildman–Crippen LogP) is 5.34. The van der Waals surface area contributed by atoms with Crippen LogP contribution in [0.4, 0.5) is 0 Å². The van der Waals surface area contributed by atoms with Gasteiger partial charge in [-0.25, -0.2) is 0 Å². The second-order valence-corrected chi connectivity index (χ2v) is 7.47. The summed E-state index contributed by atoms with van der Waals surface area (Å²) in [7, 11) is 1.49. The molecule has 0 radical (unpaired) electrons. The predicted molar refractivity (Wildman–Crippen MR) is 109 cm³/mol. The second-order valence-electron chi connectivity index (χ2n) is 6.42. The number of allylic oxidation sites excluding steroid dienone is 2. The lowest BCUT2D eigenvalue weighted by molar-refractivity contribution is -0.145. The summed E-state index contributed by atoms with van der Waals surface area (Å²) in [6, 6.07) is 18.5. The zero-order valence-electron chi connectivity index (χ0n) is 15.1. The lowest BCUT2D eigenvalue weighted by Gasteiger charge is -2.38. The van der Waals surface area contributed by atoms with Crippen LogP contribution in [0.25, 0.3) is 0 Å². The van der Waals surface area contributed by atoms with Gasteiger partial charge in [-0.1, -0.05) is 60.2 Å². The standard InChI is InChI=1S/C23H24O2S/c1-3-4-11-19-16-15-18-10-8-9-14-21(18)23(19,22(24)25-2)17-26-20-12-6-5-7-13-20/h3,5-10,12-14,16H,1,4,11,15,17H2,2H3. The van der Waals surface area contributed by atoms with Crippen LogP contribution in [-0.2, 0) is 21.4 Å². The first-order valence-corrected chi connectivity index (χ1v) is 9.86. The average Bonchev–Trinajstić information content (AvgIpc) is 2.71. The summed E-state index contributed by atoms with van der Waals surface area (Å²) in [6.45, 7) is 3.85. The van der Waals surface area contributed by atoms with Crippen molar-refractivity contribution in [2.45, 2.75) is 29.6 Å². The first-order chi connectivity index (χ1) is 12.7. The van der Waals surface area contributed by atoms with Crippen molar-refractivity contribution in [3.05, 3.63) is 90.0 Å². The number of thioether (sulfide) groups is 1. The number of fused-ring (bicyclic) bond motifs is 1. The largest absolute Gasteiger partial charge is 0.468 e. The first kappa shape index (κ1) is 18.5. The van der Waals surface area contributed by atoms with Crippen molar-refractivity contribution in [1.82, 2.24) is 0 Å². The van der Waals surface area contributed by atoms with Crippen LogP contribution in [0.5, 0.6) is 0 Å². The lowest BCUT2D eigenvalue weighted by atomic mass is 9.68. The Morgan fingerprint density at radius 1 is 1.19 bits per heavy atom. The Hall–Kier alpha value is -2.26. The molecule has 2 aromatic carbocycles. The summed E-state index contributed by atoms with van der Waals surface area (Å²) in [6.07, 6.45) is 6.66. The van der Waals surface area contributed by atoms with Crippen molar-refractivity contribution >= 4 is 17.7 Å². The van der Waals surface area contributed by atoms with Gasteiger partial charge in [0.05, 0.1) is 7.11 Å². The minimum atomic E-state index is -0.743. The molecule has 0 spiro atoms. The summed E-state index contributed by atoms with van der Waals surface area (Å²) >= 11 is 1.70. The Labute approximate surface area is 160 Å². The molecule has 0 saturated heterocycles. The van der Waals surface area contributed by atoms with Gasteiger partial charge in [-0.2, -0.15) is 0 Å². The highest BCUT2D eigenvalue weighted by Crippen LogP contribution is 2.45. The first-order valence-electron chi connectivity index (χ1n) is 8.87. The number of benzene rings is 2. The van der Waals surface area contributed by atoms with E-state index in [-0.39, 0.29) is 5.97 Å². The third-order valence-corrected chi connectivity index (χ3v) is 6.13. The van der Waals surface area contributed by atoms with E-state index < -0.39 is 5.41 Å². The van der Waals surface area contributed by atoms with E-state index in [0.717, 1.165) is 35.3 Å². The maximum atomic E-state index is 13.1. The molecule has 2 aromatic rings. The quantitative estimate of drug-likeness (QED) is 0.377. The molecule has 3 rings (SSSR count). The van der Waals surface area contributed by atoms with Crippen LogP contribution < -0.4 is 0 Å². The fourth-order valence-corrected chi connectivity index (χ4v) is 4.81. The normalized spacial score (nSPS) is 18.6. The molecule has 134 valence electrons. The molecule has 0 saturated carbocycles. The van der Waals surface area contributed by atoms with Crippen LogP contribution >= 0.6 is 11.8 Å². The van der Waals surface area contributed by atoms with E-state index in [1.54, 1.807) is 11.8 Å². The monoisotopic (exact) mass is 364 g/mol. The Kier molecular flexibility index (Phi) is 6.00. The van der Waals surface area contributed by atoms with E-state index in [2.05, 4.69) is 36.9 Å². The van der Waals surface area contributed by atoms with Gasteiger partial charge in [-0.15, -0.1) is 18.3 Å². The zero-order valence-corrected chi connectivity index (χ0v) is 15.9. The van der Waals surface area contributed by atoms with Gasteiger partial charge >= 0.3 is 5.97 Å². The van der Waals surface area contributed by atoms with Gasteiger partial charge < -0.3 is 4.74 Å². The van der Waals surface area contributed by atoms with Crippen LogP contribution in [0, 0.1) is 0 Å². The maximum Gasteiger partial charge on any atom is 0.321 e. The molecule has 0 fully saturated rings. The maximum absolute atomic E-state index is 13.1. The number of carbonyl (C=O) groups is 1. The van der Waals surface area contributed by atoms with Gasteiger partial charge in [0.15, 0.2) is 0 Å². The van der Waals surface area contributed by atoms with E-state index in [1.165, 1.54) is 12.7 Å². The van der Waals surface area contributed by atoms with Gasteiger partial charge in [-0.05, 0) is 42.5 Å². The van der Waals surface area contributed by atoms with E-state index in [1.807, 2.05) is 36.4 Å². The van der Waals surface area contributed by atoms with Crippen molar-refractivity contribution in [3.63, 3.8) is 0 Å². The topological polar surface area (TPSA) is 26.3 Å². The highest BCUT2D eigenvalue weighted by molar-refractivity contribution is 7.99. The van der Waals surface area contributed by atoms with Gasteiger partial charge in [0.25, 0.3) is 0 Å². The van der Waals surface area contributed by atoms with Gasteiger partial charge in [0, 0.05) is 10.6 Å². The molecule has 0 heterocycles. The third-order valence-electron chi connectivity index (χ3n) is 4.94. The molecule has 1 aliphatic carbocycles. The number of methoxy groups -OCH3 is 1. The van der Waals surface area contributed by atoms with Crippen molar-refractivity contribution in [2.75, 3.05) is 12.9 Å². The number of ether oxygens (including phenoxy) is 1. The minimum absolute atomic E-state index is 0.177. The molecule has 0 aromatic heterocycles. The number of carbonyl (C=O) groups excluding carboxylic acids is 1. The second kappa shape index (κ2) is 8.41. The van der Waals surface area contributed by atoms with Crippen LogP contribution in [0.2, 0.25) is 0 Å². The molecule has 1 aliphatic rings. The number of hydrogen-bond donors (Lipinski definition) is 0. The van der Waals surface area contributed by atoms with Crippen molar-refractivity contribution in [1.29, 1.82) is 0 Å². The highest BCUT2D eigenvalue weighted by Gasteiger charge is 2.47. The van der Waals surface area contributed by atoms with Crippen LogP contribution in [0.1, 0.15) is 24.0 Å². The Balaban J connectivity index is 2.06. The minimum Gasteiger partial charge on any atom is -0.468 e. The summed E-state index contributed by atoms with van der Waals surface area (Å²) < 4.78 is 5.33. The van der Waals surface area contributed by atoms with Gasteiger partial charge in [0.1, 0.15) is 5.41 Å². The molecule has 0 N–H and O–H groups in total. The summed E-state index contributed by atoms with van der Waals surface area (Å²) in [5, 5.41) is 0. The Morgan fingerprint density at radius 3 is 2.65 bits per heavy atom. The van der Waals surface area contributed by atoms with Crippen molar-refractivity contribution in [3.8, 4) is 0 Å². The molecule has 2 nitrogen and oxygen atoms in total. The van der Waals surface area contributed by atoms with E-state index in [0.29, 0.717) is 5.75 Å². The van der Waals surface area contributed by atoms with Crippen LogP contribution in [0.3, 0.4) is 0 Å².